The van der Waals surface area contributed by atoms with Crippen LogP contribution in [0, 0.1) is 12.8 Å². The van der Waals surface area contributed by atoms with Gasteiger partial charge < -0.3 is 21.1 Å². The van der Waals surface area contributed by atoms with E-state index in [1.165, 1.54) is 19.3 Å². The van der Waals surface area contributed by atoms with Crippen LogP contribution in [0.3, 0.4) is 0 Å². The number of aryl methyl sites for hydroxylation is 1. The number of halogens is 2. The molecule has 0 aliphatic carbocycles. The van der Waals surface area contributed by atoms with Crippen LogP contribution in [0.25, 0.3) is 0 Å². The number of pyridine rings is 1. The van der Waals surface area contributed by atoms with Crippen molar-refractivity contribution in [2.75, 3.05) is 12.4 Å². The van der Waals surface area contributed by atoms with Gasteiger partial charge in [0, 0.05) is 25.4 Å². The van der Waals surface area contributed by atoms with Gasteiger partial charge in [0.2, 0.25) is 5.91 Å². The van der Waals surface area contributed by atoms with Crippen molar-refractivity contribution in [2.24, 2.45) is 11.7 Å². The van der Waals surface area contributed by atoms with Gasteiger partial charge in [0.15, 0.2) is 5.75 Å². The second-order valence-electron chi connectivity index (χ2n) is 6.19. The summed E-state index contributed by atoms with van der Waals surface area (Å²) in [5, 5.41) is 5.36. The van der Waals surface area contributed by atoms with Crippen molar-refractivity contribution in [1.29, 1.82) is 0 Å². The Kier molecular flexibility index (Phi) is 10.5. The average molecular weight is 429 g/mol. The first-order valence-electron chi connectivity index (χ1n) is 8.35. The molecule has 0 saturated heterocycles. The maximum absolute atomic E-state index is 12.3. The summed E-state index contributed by atoms with van der Waals surface area (Å²) in [5.41, 5.74) is 7.55. The largest absolute Gasteiger partial charge is 0.455 e. The van der Waals surface area contributed by atoms with Crippen molar-refractivity contribution in [3.05, 3.63) is 47.8 Å². The number of hydrogen-bond donors (Lipinski definition) is 3. The average Bonchev–Trinajstić information content (AvgIpc) is 2.62. The van der Waals surface area contributed by atoms with Gasteiger partial charge in [-0.25, -0.2) is 0 Å². The summed E-state index contributed by atoms with van der Waals surface area (Å²) in [6.45, 7) is 5.48. The summed E-state index contributed by atoms with van der Waals surface area (Å²) in [5.74, 6) is 0.0858. The number of carbonyl (C=O) groups excluding carboxylic acids is 2. The highest BCUT2D eigenvalue weighted by Crippen LogP contribution is 2.31. The molecule has 0 bridgehead atoms. The maximum atomic E-state index is 12.3. The quantitative estimate of drug-likeness (QED) is 0.653. The molecule has 0 aliphatic heterocycles. The van der Waals surface area contributed by atoms with E-state index in [2.05, 4.69) is 15.6 Å². The van der Waals surface area contributed by atoms with Gasteiger partial charge >= 0.3 is 0 Å². The predicted molar refractivity (Wildman–Crippen MR) is 115 cm³/mol. The third kappa shape index (κ3) is 6.67. The van der Waals surface area contributed by atoms with E-state index >= 15 is 0 Å². The first kappa shape index (κ1) is 25.6. The van der Waals surface area contributed by atoms with Crippen molar-refractivity contribution in [3.63, 3.8) is 0 Å². The van der Waals surface area contributed by atoms with Crippen LogP contribution < -0.4 is 21.1 Å². The van der Waals surface area contributed by atoms with Crippen molar-refractivity contribution in [3.8, 4) is 11.5 Å². The van der Waals surface area contributed by atoms with E-state index in [4.69, 9.17) is 10.5 Å². The molecule has 2 unspecified atom stereocenters. The smallest absolute Gasteiger partial charge is 0.269 e. The van der Waals surface area contributed by atoms with Gasteiger partial charge in [0.25, 0.3) is 5.91 Å². The Bertz CT molecular complexity index is 816. The summed E-state index contributed by atoms with van der Waals surface area (Å²) in [6, 6.07) is 8.38. The Hall–Kier alpha value is -2.35. The van der Waals surface area contributed by atoms with Crippen LogP contribution in [0.15, 0.2) is 36.5 Å². The van der Waals surface area contributed by atoms with Gasteiger partial charge in [-0.2, -0.15) is 0 Å². The van der Waals surface area contributed by atoms with Gasteiger partial charge in [-0.3, -0.25) is 14.6 Å². The molecule has 1 aromatic carbocycles. The van der Waals surface area contributed by atoms with E-state index in [0.717, 1.165) is 5.56 Å². The molecule has 0 aliphatic rings. The van der Waals surface area contributed by atoms with E-state index in [-0.39, 0.29) is 54.3 Å². The third-order valence-corrected chi connectivity index (χ3v) is 4.02. The maximum Gasteiger partial charge on any atom is 0.269 e. The summed E-state index contributed by atoms with van der Waals surface area (Å²) >= 11 is 0. The third-order valence-electron chi connectivity index (χ3n) is 4.02. The first-order chi connectivity index (χ1) is 12.3. The predicted octanol–water partition coefficient (Wildman–Crippen LogP) is 3.31. The molecule has 7 nitrogen and oxygen atoms in total. The van der Waals surface area contributed by atoms with E-state index in [9.17, 15) is 9.59 Å². The summed E-state index contributed by atoms with van der Waals surface area (Å²) in [7, 11) is 1.53. The lowest BCUT2D eigenvalue weighted by Gasteiger charge is -2.18. The standard InChI is InChI=1S/C19H24N4O3.2ClH/c1-11-5-6-15(23-18(24)12(2)13(3)20)17(9-11)26-14-7-8-22-16(10-14)19(25)21-4;;/h5-10,12-13H,20H2,1-4H3,(H,21,25)(H,23,24);2*1H. The number of ether oxygens (including phenoxy) is 1. The normalized spacial score (nSPS) is 11.9. The zero-order valence-electron chi connectivity index (χ0n) is 16.2. The van der Waals surface area contributed by atoms with Gasteiger partial charge in [0.05, 0.1) is 11.6 Å². The molecule has 0 radical (unpaired) electrons. The fraction of sp³-hybridized carbons (Fsp3) is 0.316. The number of anilines is 1. The van der Waals surface area contributed by atoms with Crippen molar-refractivity contribution in [2.45, 2.75) is 26.8 Å². The number of carbonyl (C=O) groups is 2. The van der Waals surface area contributed by atoms with Crippen LogP contribution in [-0.4, -0.2) is 29.9 Å². The summed E-state index contributed by atoms with van der Waals surface area (Å²) in [4.78, 5) is 28.0. The monoisotopic (exact) mass is 428 g/mol. The van der Waals surface area contributed by atoms with Gasteiger partial charge in [-0.15, -0.1) is 24.8 Å². The lowest BCUT2D eigenvalue weighted by molar-refractivity contribution is -0.119. The lowest BCUT2D eigenvalue weighted by Crippen LogP contribution is -2.34. The Balaban J connectivity index is 0.00000364. The second-order valence-corrected chi connectivity index (χ2v) is 6.19. The molecule has 28 heavy (non-hydrogen) atoms. The van der Waals surface area contributed by atoms with Crippen LogP contribution in [0.1, 0.15) is 29.9 Å². The minimum atomic E-state index is -0.343. The highest BCUT2D eigenvalue weighted by Gasteiger charge is 2.19. The molecule has 2 atom stereocenters. The van der Waals surface area contributed by atoms with Crippen LogP contribution in [0.5, 0.6) is 11.5 Å². The van der Waals surface area contributed by atoms with E-state index < -0.39 is 0 Å². The molecule has 1 heterocycles. The number of rotatable bonds is 6. The minimum absolute atomic E-state index is 0. The van der Waals surface area contributed by atoms with Crippen molar-refractivity contribution >= 4 is 42.3 Å². The molecule has 0 saturated carbocycles. The molecule has 2 aromatic rings. The second kappa shape index (κ2) is 11.5. The summed E-state index contributed by atoms with van der Waals surface area (Å²) in [6.07, 6.45) is 1.49. The fourth-order valence-corrected chi connectivity index (χ4v) is 2.16. The number of amides is 2. The molecule has 0 fully saturated rings. The Morgan fingerprint density at radius 1 is 1.14 bits per heavy atom. The summed E-state index contributed by atoms with van der Waals surface area (Å²) < 4.78 is 5.90. The SMILES string of the molecule is CNC(=O)c1cc(Oc2cc(C)ccc2NC(=O)C(C)C(C)N)ccn1.Cl.Cl. The lowest BCUT2D eigenvalue weighted by atomic mass is 10.0. The van der Waals surface area contributed by atoms with Crippen molar-refractivity contribution < 1.29 is 14.3 Å². The van der Waals surface area contributed by atoms with Crippen LogP contribution in [0.4, 0.5) is 5.69 Å². The van der Waals surface area contributed by atoms with E-state index in [0.29, 0.717) is 17.2 Å². The highest BCUT2D eigenvalue weighted by molar-refractivity contribution is 5.94. The van der Waals surface area contributed by atoms with Gasteiger partial charge in [-0.05, 0) is 37.6 Å². The molecular formula is C19H26Cl2N4O3. The molecule has 1 aromatic heterocycles. The molecule has 4 N–H and O–H groups in total. The van der Waals surface area contributed by atoms with Crippen LogP contribution in [0.2, 0.25) is 0 Å². The number of nitrogens with zero attached hydrogens (tertiary/aromatic N) is 1. The number of benzene rings is 1. The van der Waals surface area contributed by atoms with E-state index in [1.807, 2.05) is 19.1 Å². The number of hydrogen-bond acceptors (Lipinski definition) is 5. The minimum Gasteiger partial charge on any atom is -0.455 e. The topological polar surface area (TPSA) is 106 Å². The Labute approximate surface area is 177 Å². The Morgan fingerprint density at radius 3 is 2.43 bits per heavy atom. The fourth-order valence-electron chi connectivity index (χ4n) is 2.16. The zero-order chi connectivity index (χ0) is 19.3. The Morgan fingerprint density at radius 2 is 1.82 bits per heavy atom. The molecule has 2 rings (SSSR count). The molecule has 0 spiro atoms. The van der Waals surface area contributed by atoms with Crippen LogP contribution >= 0.6 is 24.8 Å². The van der Waals surface area contributed by atoms with E-state index in [1.54, 1.807) is 26.0 Å². The van der Waals surface area contributed by atoms with Crippen molar-refractivity contribution in [1.82, 2.24) is 10.3 Å². The molecule has 154 valence electrons. The molecule has 2 amide bonds. The number of nitrogens with two attached hydrogens (primary N) is 1. The number of nitrogens with one attached hydrogen (secondary N) is 2. The first-order valence-corrected chi connectivity index (χ1v) is 8.35. The van der Waals surface area contributed by atoms with Gasteiger partial charge in [-0.1, -0.05) is 13.0 Å². The highest BCUT2D eigenvalue weighted by atomic mass is 35.5. The number of aromatic nitrogens is 1. The van der Waals surface area contributed by atoms with Crippen LogP contribution in [-0.2, 0) is 4.79 Å². The van der Waals surface area contributed by atoms with Gasteiger partial charge in [0.1, 0.15) is 11.4 Å². The molecular weight excluding hydrogens is 403 g/mol. The zero-order valence-corrected chi connectivity index (χ0v) is 17.8. The molecule has 9 heteroatoms.